The second-order valence-corrected chi connectivity index (χ2v) is 8.14. The third kappa shape index (κ3) is 4.90. The average Bonchev–Trinajstić information content (AvgIpc) is 3.37. The highest BCUT2D eigenvalue weighted by atomic mass is 32.2. The van der Waals surface area contributed by atoms with Crippen LogP contribution in [-0.2, 0) is 4.79 Å². The molecule has 0 spiro atoms. The number of carbonyl (C=O) groups is 1. The first kappa shape index (κ1) is 22.5. The Morgan fingerprint density at radius 3 is 2.58 bits per heavy atom. The van der Waals surface area contributed by atoms with Crippen LogP contribution in [0.3, 0.4) is 0 Å². The molecule has 0 fully saturated rings. The number of hydrogen-bond donors (Lipinski definition) is 2. The molecule has 0 bridgehead atoms. The zero-order valence-electron chi connectivity index (χ0n) is 18.4. The fourth-order valence-corrected chi connectivity index (χ4v) is 4.05. The first-order chi connectivity index (χ1) is 16.0. The number of carbonyl (C=O) groups excluding carboxylic acids is 1. The standard InChI is InChI=1S/C23H23FN6O2S/c1-4-32-17-11-9-16(10-12-17)22-28-29-23(30(22)19-8-6-5-7-18(19)24)33-13-20(31)25-21-14(2)26-27-15(21)3/h5-12H,4,13H2,1-3H3,(H,25,31)(H,26,27). The molecule has 4 rings (SSSR count). The van der Waals surface area contributed by atoms with Crippen molar-refractivity contribution in [1.82, 2.24) is 25.0 Å². The van der Waals surface area contributed by atoms with Crippen molar-refractivity contribution >= 4 is 23.4 Å². The molecule has 0 saturated carbocycles. The monoisotopic (exact) mass is 466 g/mol. The second kappa shape index (κ2) is 9.86. The smallest absolute Gasteiger partial charge is 0.234 e. The molecule has 33 heavy (non-hydrogen) atoms. The lowest BCUT2D eigenvalue weighted by molar-refractivity contribution is -0.113. The van der Waals surface area contributed by atoms with Gasteiger partial charge in [0, 0.05) is 5.56 Å². The number of rotatable bonds is 8. The van der Waals surface area contributed by atoms with Crippen LogP contribution in [0, 0.1) is 19.7 Å². The zero-order chi connectivity index (χ0) is 23.4. The molecule has 8 nitrogen and oxygen atoms in total. The highest BCUT2D eigenvalue weighted by molar-refractivity contribution is 7.99. The van der Waals surface area contributed by atoms with E-state index in [1.807, 2.05) is 45.0 Å². The third-order valence-electron chi connectivity index (χ3n) is 4.88. The molecule has 4 aromatic rings. The van der Waals surface area contributed by atoms with Gasteiger partial charge in [-0.25, -0.2) is 4.39 Å². The van der Waals surface area contributed by atoms with Crippen molar-refractivity contribution in [3.8, 4) is 22.8 Å². The highest BCUT2D eigenvalue weighted by Gasteiger charge is 2.20. The molecule has 0 aliphatic rings. The van der Waals surface area contributed by atoms with Gasteiger partial charge in [-0.1, -0.05) is 23.9 Å². The summed E-state index contributed by atoms with van der Waals surface area (Å²) in [6, 6.07) is 13.7. The van der Waals surface area contributed by atoms with Gasteiger partial charge < -0.3 is 10.1 Å². The summed E-state index contributed by atoms with van der Waals surface area (Å²) < 4.78 is 21.9. The van der Waals surface area contributed by atoms with Crippen LogP contribution in [-0.4, -0.2) is 43.2 Å². The van der Waals surface area contributed by atoms with Crippen LogP contribution < -0.4 is 10.1 Å². The minimum absolute atomic E-state index is 0.0694. The molecule has 2 aromatic carbocycles. The maximum Gasteiger partial charge on any atom is 0.234 e. The summed E-state index contributed by atoms with van der Waals surface area (Å²) in [5.74, 6) is 0.626. The van der Waals surface area contributed by atoms with Crippen molar-refractivity contribution in [1.29, 1.82) is 0 Å². The topological polar surface area (TPSA) is 97.7 Å². The largest absolute Gasteiger partial charge is 0.494 e. The number of anilines is 1. The van der Waals surface area contributed by atoms with E-state index < -0.39 is 5.82 Å². The van der Waals surface area contributed by atoms with Crippen molar-refractivity contribution in [3.05, 3.63) is 65.7 Å². The molecular formula is C23H23FN6O2S. The van der Waals surface area contributed by atoms with E-state index in [1.54, 1.807) is 22.8 Å². The molecule has 0 aliphatic carbocycles. The van der Waals surface area contributed by atoms with E-state index in [-0.39, 0.29) is 11.7 Å². The van der Waals surface area contributed by atoms with Crippen LogP contribution in [0.5, 0.6) is 5.75 Å². The van der Waals surface area contributed by atoms with Gasteiger partial charge in [0.1, 0.15) is 11.6 Å². The van der Waals surface area contributed by atoms with Gasteiger partial charge in [-0.05, 0) is 57.2 Å². The minimum atomic E-state index is -0.416. The van der Waals surface area contributed by atoms with Crippen LogP contribution in [0.1, 0.15) is 18.3 Å². The van der Waals surface area contributed by atoms with Gasteiger partial charge in [-0.3, -0.25) is 14.5 Å². The van der Waals surface area contributed by atoms with Crippen LogP contribution in [0.2, 0.25) is 0 Å². The summed E-state index contributed by atoms with van der Waals surface area (Å²) >= 11 is 1.17. The summed E-state index contributed by atoms with van der Waals surface area (Å²) in [5, 5.41) is 18.7. The van der Waals surface area contributed by atoms with Crippen molar-refractivity contribution in [2.45, 2.75) is 25.9 Å². The minimum Gasteiger partial charge on any atom is -0.494 e. The summed E-state index contributed by atoms with van der Waals surface area (Å²) in [6.07, 6.45) is 0. The van der Waals surface area contributed by atoms with E-state index in [2.05, 4.69) is 25.7 Å². The fourth-order valence-electron chi connectivity index (χ4n) is 3.31. The van der Waals surface area contributed by atoms with Crippen LogP contribution in [0.25, 0.3) is 17.1 Å². The van der Waals surface area contributed by atoms with Gasteiger partial charge in [0.2, 0.25) is 5.91 Å². The first-order valence-electron chi connectivity index (χ1n) is 10.4. The molecule has 0 saturated heterocycles. The molecule has 2 heterocycles. The number of halogens is 1. The van der Waals surface area contributed by atoms with Gasteiger partial charge in [-0.2, -0.15) is 5.10 Å². The van der Waals surface area contributed by atoms with Crippen molar-refractivity contribution in [3.63, 3.8) is 0 Å². The van der Waals surface area contributed by atoms with E-state index in [9.17, 15) is 9.18 Å². The van der Waals surface area contributed by atoms with Crippen molar-refractivity contribution < 1.29 is 13.9 Å². The maximum atomic E-state index is 14.7. The molecule has 0 atom stereocenters. The molecule has 1 amide bonds. The van der Waals surface area contributed by atoms with E-state index >= 15 is 0 Å². The number of benzene rings is 2. The van der Waals surface area contributed by atoms with Crippen LogP contribution in [0.15, 0.2) is 53.7 Å². The van der Waals surface area contributed by atoms with E-state index in [1.165, 1.54) is 17.8 Å². The highest BCUT2D eigenvalue weighted by Crippen LogP contribution is 2.30. The molecule has 10 heteroatoms. The normalized spacial score (nSPS) is 10.9. The Kier molecular flexibility index (Phi) is 6.74. The number of thioether (sulfide) groups is 1. The van der Waals surface area contributed by atoms with E-state index in [4.69, 9.17) is 4.74 Å². The molecule has 0 aliphatic heterocycles. The molecule has 2 N–H and O–H groups in total. The molecule has 0 radical (unpaired) electrons. The van der Waals surface area contributed by atoms with Gasteiger partial charge in [-0.15, -0.1) is 10.2 Å². The quantitative estimate of drug-likeness (QED) is 0.370. The molecule has 2 aromatic heterocycles. The molecule has 170 valence electrons. The van der Waals surface area contributed by atoms with Gasteiger partial charge in [0.25, 0.3) is 0 Å². The van der Waals surface area contributed by atoms with Gasteiger partial charge in [0.05, 0.1) is 35.1 Å². The fraction of sp³-hybridized carbons (Fsp3) is 0.217. The third-order valence-corrected chi connectivity index (χ3v) is 5.80. The number of ether oxygens (including phenoxy) is 1. The summed E-state index contributed by atoms with van der Waals surface area (Å²) in [5.41, 5.74) is 3.19. The number of nitrogens with zero attached hydrogens (tertiary/aromatic N) is 4. The maximum absolute atomic E-state index is 14.7. The number of H-pyrrole nitrogens is 1. The number of para-hydroxylation sites is 1. The predicted octanol–water partition coefficient (Wildman–Crippen LogP) is 4.54. The Balaban J connectivity index is 1.63. The van der Waals surface area contributed by atoms with Crippen molar-refractivity contribution in [2.24, 2.45) is 0 Å². The van der Waals surface area contributed by atoms with Crippen LogP contribution in [0.4, 0.5) is 10.1 Å². The predicted molar refractivity (Wildman–Crippen MR) is 125 cm³/mol. The Labute approximate surface area is 194 Å². The number of hydrogen-bond acceptors (Lipinski definition) is 6. The van der Waals surface area contributed by atoms with Gasteiger partial charge in [0.15, 0.2) is 11.0 Å². The lowest BCUT2D eigenvalue weighted by Crippen LogP contribution is -2.15. The SMILES string of the molecule is CCOc1ccc(-c2nnc(SCC(=O)Nc3c(C)n[nH]c3C)n2-c2ccccc2F)cc1. The summed E-state index contributed by atoms with van der Waals surface area (Å²) in [4.78, 5) is 12.6. The first-order valence-corrected chi connectivity index (χ1v) is 11.3. The number of aromatic amines is 1. The zero-order valence-corrected chi connectivity index (χ0v) is 19.2. The number of amides is 1. The van der Waals surface area contributed by atoms with Crippen LogP contribution >= 0.6 is 11.8 Å². The number of nitrogens with one attached hydrogen (secondary N) is 2. The van der Waals surface area contributed by atoms with Crippen molar-refractivity contribution in [2.75, 3.05) is 17.7 Å². The van der Waals surface area contributed by atoms with E-state index in [0.29, 0.717) is 34.7 Å². The second-order valence-electron chi connectivity index (χ2n) is 7.20. The Bertz CT molecular complexity index is 1250. The Hall–Kier alpha value is -3.66. The molecular weight excluding hydrogens is 443 g/mol. The lowest BCUT2D eigenvalue weighted by Gasteiger charge is -2.12. The summed E-state index contributed by atoms with van der Waals surface area (Å²) in [6.45, 7) is 6.12. The average molecular weight is 467 g/mol. The Morgan fingerprint density at radius 1 is 1.15 bits per heavy atom. The lowest BCUT2D eigenvalue weighted by atomic mass is 10.2. The van der Waals surface area contributed by atoms with Gasteiger partial charge >= 0.3 is 0 Å². The Morgan fingerprint density at radius 2 is 1.91 bits per heavy atom. The van der Waals surface area contributed by atoms with E-state index in [0.717, 1.165) is 17.0 Å². The number of aromatic nitrogens is 5. The summed E-state index contributed by atoms with van der Waals surface area (Å²) in [7, 11) is 0. The number of aryl methyl sites for hydroxylation is 2. The molecule has 0 unspecified atom stereocenters.